The molecular formula is C8H14O5S. The highest BCUT2D eigenvalue weighted by atomic mass is 32.2. The van der Waals surface area contributed by atoms with Gasteiger partial charge >= 0.3 is 0 Å². The van der Waals surface area contributed by atoms with E-state index in [2.05, 4.69) is 12.0 Å². The summed E-state index contributed by atoms with van der Waals surface area (Å²) >= 11 is 0. The molecule has 0 saturated carbocycles. The van der Waals surface area contributed by atoms with Crippen LogP contribution >= 0.6 is 0 Å². The molecule has 0 bridgehead atoms. The fraction of sp³-hybridized carbons (Fsp3) is 0.750. The van der Waals surface area contributed by atoms with E-state index in [4.69, 9.17) is 14.0 Å². The van der Waals surface area contributed by atoms with Gasteiger partial charge in [-0.1, -0.05) is 12.8 Å². The standard InChI is InChI=1S/C8H14O5S/c1-2-3-4-12-5-6-13-7-8-14(9,10)11/h2,5-8H2,1H3,(H,9,10,11). The average molecular weight is 222 g/mol. The smallest absolute Gasteiger partial charge is 0.267 e. The second kappa shape index (κ2) is 7.62. The van der Waals surface area contributed by atoms with Crippen molar-refractivity contribution in [1.82, 2.24) is 0 Å². The number of hydrogen-bond donors (Lipinski definition) is 1. The average Bonchev–Trinajstić information content (AvgIpc) is 2.08. The Kier molecular flexibility index (Phi) is 7.20. The Bertz CT molecular complexity index is 285. The summed E-state index contributed by atoms with van der Waals surface area (Å²) in [6.45, 7) is 2.41. The SMILES string of the molecule is CCC#COCCOCCS(=O)(=O)O. The molecule has 0 heterocycles. The zero-order chi connectivity index (χ0) is 10.9. The number of ether oxygens (including phenoxy) is 2. The molecule has 1 N–H and O–H groups in total. The topological polar surface area (TPSA) is 72.8 Å². The zero-order valence-corrected chi connectivity index (χ0v) is 8.84. The number of hydrogen-bond acceptors (Lipinski definition) is 4. The maximum atomic E-state index is 10.2. The molecule has 0 fully saturated rings. The van der Waals surface area contributed by atoms with E-state index in [9.17, 15) is 8.42 Å². The number of rotatable bonds is 6. The second-order valence-corrected chi connectivity index (χ2v) is 3.95. The Morgan fingerprint density at radius 3 is 2.57 bits per heavy atom. The van der Waals surface area contributed by atoms with Crippen LogP contribution in [0.2, 0.25) is 0 Å². The van der Waals surface area contributed by atoms with Crippen molar-refractivity contribution in [3.8, 4) is 12.0 Å². The van der Waals surface area contributed by atoms with Crippen LogP contribution in [0.3, 0.4) is 0 Å². The molecule has 6 heteroatoms. The van der Waals surface area contributed by atoms with Crippen LogP contribution in [0.5, 0.6) is 0 Å². The molecule has 14 heavy (non-hydrogen) atoms. The molecule has 0 spiro atoms. The molecule has 0 aromatic rings. The summed E-state index contributed by atoms with van der Waals surface area (Å²) in [4.78, 5) is 0. The molecular weight excluding hydrogens is 208 g/mol. The van der Waals surface area contributed by atoms with E-state index >= 15 is 0 Å². The largest absolute Gasteiger partial charge is 0.444 e. The maximum absolute atomic E-state index is 10.2. The van der Waals surface area contributed by atoms with Crippen molar-refractivity contribution >= 4 is 10.1 Å². The maximum Gasteiger partial charge on any atom is 0.267 e. The summed E-state index contributed by atoms with van der Waals surface area (Å²) in [6.07, 6.45) is 3.17. The first kappa shape index (κ1) is 13.2. The summed E-state index contributed by atoms with van der Waals surface area (Å²) in [5.41, 5.74) is 0. The Morgan fingerprint density at radius 1 is 1.29 bits per heavy atom. The summed E-state index contributed by atoms with van der Waals surface area (Å²) in [7, 11) is -3.92. The molecule has 5 nitrogen and oxygen atoms in total. The molecule has 0 rings (SSSR count). The van der Waals surface area contributed by atoms with Gasteiger partial charge in [0.1, 0.15) is 12.7 Å². The highest BCUT2D eigenvalue weighted by molar-refractivity contribution is 7.85. The van der Waals surface area contributed by atoms with Crippen molar-refractivity contribution in [3.05, 3.63) is 0 Å². The minimum Gasteiger partial charge on any atom is -0.444 e. The van der Waals surface area contributed by atoms with E-state index in [-0.39, 0.29) is 13.2 Å². The third-order valence-electron chi connectivity index (χ3n) is 1.14. The van der Waals surface area contributed by atoms with Crippen LogP contribution in [-0.4, -0.2) is 38.5 Å². The fourth-order valence-electron chi connectivity index (χ4n) is 0.541. The molecule has 0 aliphatic heterocycles. The first-order valence-corrected chi connectivity index (χ1v) is 5.79. The van der Waals surface area contributed by atoms with Crippen molar-refractivity contribution in [2.75, 3.05) is 25.6 Å². The summed E-state index contributed by atoms with van der Waals surface area (Å²) in [5.74, 6) is 2.30. The van der Waals surface area contributed by atoms with Crippen molar-refractivity contribution < 1.29 is 22.4 Å². The monoisotopic (exact) mass is 222 g/mol. The summed E-state index contributed by atoms with van der Waals surface area (Å²) in [5, 5.41) is 0. The predicted molar refractivity (Wildman–Crippen MR) is 51.3 cm³/mol. The normalized spacial score (nSPS) is 10.4. The highest BCUT2D eigenvalue weighted by Crippen LogP contribution is 1.84. The van der Waals surface area contributed by atoms with Gasteiger partial charge in [-0.3, -0.25) is 4.55 Å². The summed E-state index contributed by atoms with van der Waals surface area (Å²) < 4.78 is 38.4. The minimum atomic E-state index is -3.92. The molecule has 0 aliphatic rings. The van der Waals surface area contributed by atoms with Crippen molar-refractivity contribution in [3.63, 3.8) is 0 Å². The Hall–Kier alpha value is -0.770. The van der Waals surface area contributed by atoms with Gasteiger partial charge in [-0.15, -0.1) is 0 Å². The predicted octanol–water partition coefficient (Wildman–Crippen LogP) is 0.278. The van der Waals surface area contributed by atoms with Gasteiger partial charge in [0.05, 0.1) is 19.0 Å². The van der Waals surface area contributed by atoms with Crippen molar-refractivity contribution in [1.29, 1.82) is 0 Å². The van der Waals surface area contributed by atoms with E-state index in [0.717, 1.165) is 6.42 Å². The van der Waals surface area contributed by atoms with Crippen molar-refractivity contribution in [2.45, 2.75) is 13.3 Å². The van der Waals surface area contributed by atoms with Gasteiger partial charge in [0, 0.05) is 6.42 Å². The Balaban J connectivity index is 3.23. The Morgan fingerprint density at radius 2 is 2.00 bits per heavy atom. The van der Waals surface area contributed by atoms with Crippen LogP contribution in [0.4, 0.5) is 0 Å². The lowest BCUT2D eigenvalue weighted by atomic mass is 10.5. The van der Waals surface area contributed by atoms with E-state index in [1.807, 2.05) is 6.92 Å². The van der Waals surface area contributed by atoms with E-state index in [1.54, 1.807) is 0 Å². The van der Waals surface area contributed by atoms with Crippen LogP contribution < -0.4 is 0 Å². The molecule has 0 aromatic heterocycles. The lowest BCUT2D eigenvalue weighted by Crippen LogP contribution is -2.12. The van der Waals surface area contributed by atoms with Crippen molar-refractivity contribution in [2.24, 2.45) is 0 Å². The van der Waals surface area contributed by atoms with E-state index in [1.165, 1.54) is 0 Å². The highest BCUT2D eigenvalue weighted by Gasteiger charge is 2.02. The zero-order valence-electron chi connectivity index (χ0n) is 8.02. The minimum absolute atomic E-state index is 0.0383. The van der Waals surface area contributed by atoms with Gasteiger partial charge < -0.3 is 9.47 Å². The van der Waals surface area contributed by atoms with Crippen LogP contribution in [-0.2, 0) is 19.6 Å². The molecule has 0 atom stereocenters. The van der Waals surface area contributed by atoms with Crippen LogP contribution in [0.15, 0.2) is 0 Å². The second-order valence-electron chi connectivity index (χ2n) is 2.38. The third kappa shape index (κ3) is 11.2. The first-order valence-electron chi connectivity index (χ1n) is 4.19. The van der Waals surface area contributed by atoms with Gasteiger partial charge in [-0.05, 0) is 0 Å². The fourth-order valence-corrected chi connectivity index (χ4v) is 0.870. The molecule has 82 valence electrons. The van der Waals surface area contributed by atoms with Gasteiger partial charge in [-0.2, -0.15) is 8.42 Å². The van der Waals surface area contributed by atoms with E-state index in [0.29, 0.717) is 6.61 Å². The molecule has 0 radical (unpaired) electrons. The third-order valence-corrected chi connectivity index (χ3v) is 1.82. The first-order chi connectivity index (χ1) is 6.56. The molecule has 0 aliphatic carbocycles. The molecule has 0 saturated heterocycles. The molecule has 0 amide bonds. The van der Waals surface area contributed by atoms with E-state index < -0.39 is 15.9 Å². The van der Waals surface area contributed by atoms with Crippen LogP contribution in [0.1, 0.15) is 13.3 Å². The Labute approximate surface area is 84.1 Å². The molecule has 0 aromatic carbocycles. The summed E-state index contributed by atoms with van der Waals surface area (Å²) in [6, 6.07) is 0. The van der Waals surface area contributed by atoms with Gasteiger partial charge in [-0.25, -0.2) is 0 Å². The molecule has 0 unspecified atom stereocenters. The van der Waals surface area contributed by atoms with Gasteiger partial charge in [0.25, 0.3) is 10.1 Å². The lowest BCUT2D eigenvalue weighted by molar-refractivity contribution is 0.100. The quantitative estimate of drug-likeness (QED) is 0.397. The van der Waals surface area contributed by atoms with Crippen LogP contribution in [0, 0.1) is 12.0 Å². The van der Waals surface area contributed by atoms with Crippen LogP contribution in [0.25, 0.3) is 0 Å². The lowest BCUT2D eigenvalue weighted by Gasteiger charge is -2.00. The van der Waals surface area contributed by atoms with Gasteiger partial charge in [0.2, 0.25) is 0 Å². The van der Waals surface area contributed by atoms with Gasteiger partial charge in [0.15, 0.2) is 0 Å².